The fourth-order valence-corrected chi connectivity index (χ4v) is 1.24. The maximum atomic E-state index is 4.23. The van der Waals surface area contributed by atoms with Crippen LogP contribution in [0.2, 0.25) is 0 Å². The molecule has 1 aliphatic rings. The normalized spacial score (nSPS) is 38.4. The summed E-state index contributed by atoms with van der Waals surface area (Å²) in [5.74, 6) is 1.06. The van der Waals surface area contributed by atoms with E-state index in [1.807, 2.05) is 12.4 Å². The molecule has 0 amide bonds. The van der Waals surface area contributed by atoms with Gasteiger partial charge in [-0.05, 0) is 5.92 Å². The highest BCUT2D eigenvalue weighted by molar-refractivity contribution is 5.63. The lowest BCUT2D eigenvalue weighted by Gasteiger charge is -2.27. The Morgan fingerprint density at radius 3 is 2.62 bits per heavy atom. The molecule has 0 aromatic carbocycles. The zero-order valence-electron chi connectivity index (χ0n) is 8.99. The molecule has 1 heteroatoms. The van der Waals surface area contributed by atoms with Gasteiger partial charge in [-0.1, -0.05) is 45.9 Å². The first-order chi connectivity index (χ1) is 6.04. The van der Waals surface area contributed by atoms with Crippen LogP contribution in [0.3, 0.4) is 0 Å². The molecule has 1 aliphatic heterocycles. The Labute approximate surface area is 81.3 Å². The van der Waals surface area contributed by atoms with Crippen LogP contribution < -0.4 is 0 Å². The van der Waals surface area contributed by atoms with Gasteiger partial charge in [-0.25, -0.2) is 0 Å². The standard InChI is InChI=1S/C12H19N/c1-10(2)12(4)6-5-11(3)9-13-8-7-12/h5-11H,1-4H3/b6-5-,8-7-,13-9?. The average molecular weight is 177 g/mol. The van der Waals surface area contributed by atoms with Crippen molar-refractivity contribution in [2.24, 2.45) is 22.2 Å². The minimum atomic E-state index is 0.159. The third kappa shape index (κ3) is 2.55. The third-order valence-electron chi connectivity index (χ3n) is 2.84. The van der Waals surface area contributed by atoms with Gasteiger partial charge >= 0.3 is 0 Å². The summed E-state index contributed by atoms with van der Waals surface area (Å²) < 4.78 is 0. The largest absolute Gasteiger partial charge is 0.269 e. The van der Waals surface area contributed by atoms with E-state index in [4.69, 9.17) is 0 Å². The first-order valence-electron chi connectivity index (χ1n) is 4.95. The van der Waals surface area contributed by atoms with E-state index in [1.165, 1.54) is 0 Å². The molecule has 1 heterocycles. The van der Waals surface area contributed by atoms with Crippen LogP contribution in [0, 0.1) is 17.3 Å². The van der Waals surface area contributed by atoms with E-state index >= 15 is 0 Å². The van der Waals surface area contributed by atoms with E-state index in [2.05, 4.69) is 50.9 Å². The van der Waals surface area contributed by atoms with Gasteiger partial charge in [0.05, 0.1) is 0 Å². The molecule has 72 valence electrons. The summed E-state index contributed by atoms with van der Waals surface area (Å²) >= 11 is 0. The molecule has 0 aliphatic carbocycles. The van der Waals surface area contributed by atoms with Gasteiger partial charge in [0.1, 0.15) is 0 Å². The molecular formula is C12H19N. The smallest absolute Gasteiger partial charge is 0.0232 e. The molecule has 0 saturated carbocycles. The third-order valence-corrected chi connectivity index (χ3v) is 2.84. The van der Waals surface area contributed by atoms with Crippen LogP contribution in [0.15, 0.2) is 29.4 Å². The lowest BCUT2D eigenvalue weighted by Crippen LogP contribution is -2.18. The fourth-order valence-electron chi connectivity index (χ4n) is 1.24. The van der Waals surface area contributed by atoms with Crippen LogP contribution in [0.4, 0.5) is 0 Å². The van der Waals surface area contributed by atoms with E-state index < -0.39 is 0 Å². The van der Waals surface area contributed by atoms with Crippen molar-refractivity contribution in [3.8, 4) is 0 Å². The summed E-state index contributed by atoms with van der Waals surface area (Å²) in [6.45, 7) is 8.88. The zero-order valence-corrected chi connectivity index (χ0v) is 8.99. The van der Waals surface area contributed by atoms with Gasteiger partial charge in [0.2, 0.25) is 0 Å². The number of hydrogen-bond donors (Lipinski definition) is 0. The molecule has 1 nitrogen and oxygen atoms in total. The monoisotopic (exact) mass is 177 g/mol. The predicted molar refractivity (Wildman–Crippen MR) is 58.9 cm³/mol. The van der Waals surface area contributed by atoms with Crippen LogP contribution in [0.1, 0.15) is 27.7 Å². The number of aliphatic imine (C=N–C) groups is 1. The Bertz CT molecular complexity index is 248. The maximum Gasteiger partial charge on any atom is 0.0232 e. The fraction of sp³-hybridized carbons (Fsp3) is 0.583. The molecule has 13 heavy (non-hydrogen) atoms. The van der Waals surface area contributed by atoms with Crippen LogP contribution in [0.5, 0.6) is 0 Å². The van der Waals surface area contributed by atoms with Crippen LogP contribution in [0.25, 0.3) is 0 Å². The van der Waals surface area contributed by atoms with Crippen LogP contribution in [-0.4, -0.2) is 6.21 Å². The quantitative estimate of drug-likeness (QED) is 0.544. The molecule has 2 unspecified atom stereocenters. The predicted octanol–water partition coefficient (Wildman–Crippen LogP) is 3.44. The Hall–Kier alpha value is -0.850. The minimum Gasteiger partial charge on any atom is -0.269 e. The van der Waals surface area contributed by atoms with Crippen molar-refractivity contribution in [1.82, 2.24) is 0 Å². The van der Waals surface area contributed by atoms with Gasteiger partial charge in [-0.2, -0.15) is 0 Å². The second-order valence-electron chi connectivity index (χ2n) is 4.35. The van der Waals surface area contributed by atoms with E-state index in [-0.39, 0.29) is 5.41 Å². The summed E-state index contributed by atoms with van der Waals surface area (Å²) in [4.78, 5) is 4.23. The highest BCUT2D eigenvalue weighted by atomic mass is 14.7. The number of nitrogens with zero attached hydrogens (tertiary/aromatic N) is 1. The van der Waals surface area contributed by atoms with Gasteiger partial charge in [0, 0.05) is 23.7 Å². The van der Waals surface area contributed by atoms with Gasteiger partial charge < -0.3 is 0 Å². The molecule has 0 bridgehead atoms. The highest BCUT2D eigenvalue weighted by Gasteiger charge is 2.22. The summed E-state index contributed by atoms with van der Waals surface area (Å²) in [5.41, 5.74) is 0.159. The Kier molecular flexibility index (Phi) is 3.07. The van der Waals surface area contributed by atoms with Crippen molar-refractivity contribution < 1.29 is 0 Å². The Balaban J connectivity index is 2.94. The zero-order chi connectivity index (χ0) is 9.90. The van der Waals surface area contributed by atoms with Crippen molar-refractivity contribution in [1.29, 1.82) is 0 Å². The van der Waals surface area contributed by atoms with Crippen molar-refractivity contribution in [3.63, 3.8) is 0 Å². The Morgan fingerprint density at radius 1 is 1.31 bits per heavy atom. The summed E-state index contributed by atoms with van der Waals surface area (Å²) in [5, 5.41) is 0. The topological polar surface area (TPSA) is 12.4 Å². The van der Waals surface area contributed by atoms with Gasteiger partial charge in [0.15, 0.2) is 0 Å². The minimum absolute atomic E-state index is 0.159. The second-order valence-corrected chi connectivity index (χ2v) is 4.35. The molecule has 1 rings (SSSR count). The molecule has 0 N–H and O–H groups in total. The first kappa shape index (κ1) is 10.2. The van der Waals surface area contributed by atoms with Crippen molar-refractivity contribution in [2.45, 2.75) is 27.7 Å². The summed E-state index contributed by atoms with van der Waals surface area (Å²) in [6, 6.07) is 0. The number of allylic oxidation sites excluding steroid dienone is 3. The van der Waals surface area contributed by atoms with Crippen molar-refractivity contribution in [3.05, 3.63) is 24.4 Å². The maximum absolute atomic E-state index is 4.23. The highest BCUT2D eigenvalue weighted by Crippen LogP contribution is 2.31. The summed E-state index contributed by atoms with van der Waals surface area (Å²) in [7, 11) is 0. The van der Waals surface area contributed by atoms with Crippen molar-refractivity contribution >= 4 is 6.21 Å². The van der Waals surface area contributed by atoms with E-state index in [9.17, 15) is 0 Å². The van der Waals surface area contributed by atoms with Gasteiger partial charge in [0.25, 0.3) is 0 Å². The number of hydrogen-bond acceptors (Lipinski definition) is 1. The molecule has 0 radical (unpaired) electrons. The van der Waals surface area contributed by atoms with Gasteiger partial charge in [-0.15, -0.1) is 0 Å². The van der Waals surface area contributed by atoms with E-state index in [0.29, 0.717) is 11.8 Å². The van der Waals surface area contributed by atoms with Crippen molar-refractivity contribution in [2.75, 3.05) is 0 Å². The lowest BCUT2D eigenvalue weighted by atomic mass is 9.78. The molecule has 0 fully saturated rings. The number of rotatable bonds is 1. The molecule has 2 atom stereocenters. The molecule has 0 saturated heterocycles. The second kappa shape index (κ2) is 3.91. The average Bonchev–Trinajstić information content (AvgIpc) is 2.06. The van der Waals surface area contributed by atoms with E-state index in [1.54, 1.807) is 0 Å². The SMILES string of the molecule is CC1C=N/C=C\C(C)(C(C)C)/C=C\1. The molecule has 0 spiro atoms. The van der Waals surface area contributed by atoms with Crippen LogP contribution >= 0.6 is 0 Å². The Morgan fingerprint density at radius 2 is 2.00 bits per heavy atom. The summed E-state index contributed by atoms with van der Waals surface area (Å²) in [6.07, 6.45) is 10.6. The molecule has 0 aromatic heterocycles. The first-order valence-corrected chi connectivity index (χ1v) is 4.95. The lowest BCUT2D eigenvalue weighted by molar-refractivity contribution is 0.381. The van der Waals surface area contributed by atoms with Crippen LogP contribution in [-0.2, 0) is 0 Å². The molecule has 0 aromatic rings. The molecular weight excluding hydrogens is 158 g/mol. The van der Waals surface area contributed by atoms with E-state index in [0.717, 1.165) is 0 Å². The van der Waals surface area contributed by atoms with Gasteiger partial charge in [-0.3, -0.25) is 4.99 Å².